The summed E-state index contributed by atoms with van der Waals surface area (Å²) in [7, 11) is 1.55. The summed E-state index contributed by atoms with van der Waals surface area (Å²) >= 11 is 3.34. The number of halogens is 1. The van der Waals surface area contributed by atoms with E-state index < -0.39 is 16.6 Å². The summed E-state index contributed by atoms with van der Waals surface area (Å²) in [5.41, 5.74) is -0.203. The van der Waals surface area contributed by atoms with Crippen molar-refractivity contribution in [1.82, 2.24) is 10.3 Å². The maximum Gasteiger partial charge on any atom is 0.407 e. The van der Waals surface area contributed by atoms with E-state index in [4.69, 9.17) is 9.47 Å². The standard InChI is InChI=1S/C16H23BrN4O5/c1-16(2,3)26-15(22)19-11-5-6-20(9-13(11)25-4)14-10(17)7-18-8-12(14)21(23)24/h7-8,11,13H,5-6,9H2,1-4H3,(H,19,22)/t11-,13-/m0/s1. The second kappa shape index (κ2) is 8.17. The normalized spacial score (nSPS) is 20.6. The lowest BCUT2D eigenvalue weighted by molar-refractivity contribution is -0.384. The van der Waals surface area contributed by atoms with Crippen molar-refractivity contribution in [1.29, 1.82) is 0 Å². The number of carbonyl (C=O) groups excluding carboxylic acids is 1. The van der Waals surface area contributed by atoms with Gasteiger partial charge < -0.3 is 19.7 Å². The summed E-state index contributed by atoms with van der Waals surface area (Å²) in [6, 6.07) is -0.245. The Morgan fingerprint density at radius 2 is 2.15 bits per heavy atom. The number of methoxy groups -OCH3 is 1. The van der Waals surface area contributed by atoms with Gasteiger partial charge in [-0.3, -0.25) is 15.1 Å². The molecule has 2 atom stereocenters. The summed E-state index contributed by atoms with van der Waals surface area (Å²) in [6.07, 6.45) is 2.47. The van der Waals surface area contributed by atoms with Crippen LogP contribution in [0.15, 0.2) is 16.9 Å². The van der Waals surface area contributed by atoms with Crippen molar-refractivity contribution < 1.29 is 19.2 Å². The first-order valence-electron chi connectivity index (χ1n) is 8.17. The lowest BCUT2D eigenvalue weighted by Gasteiger charge is -2.39. The lowest BCUT2D eigenvalue weighted by Crippen LogP contribution is -2.55. The Hall–Kier alpha value is -1.94. The Labute approximate surface area is 160 Å². The van der Waals surface area contributed by atoms with Crippen LogP contribution in [0.5, 0.6) is 0 Å². The number of pyridine rings is 1. The Bertz CT molecular complexity index is 679. The second-order valence-corrected chi connectivity index (χ2v) is 7.86. The number of aromatic nitrogens is 1. The average molecular weight is 431 g/mol. The summed E-state index contributed by atoms with van der Waals surface area (Å²) in [6.45, 7) is 6.29. The fourth-order valence-corrected chi connectivity index (χ4v) is 3.42. The van der Waals surface area contributed by atoms with Crippen LogP contribution in [0.2, 0.25) is 0 Å². The minimum Gasteiger partial charge on any atom is -0.444 e. The van der Waals surface area contributed by atoms with Gasteiger partial charge in [-0.25, -0.2) is 4.79 Å². The molecule has 0 saturated carbocycles. The van der Waals surface area contributed by atoms with Crippen LogP contribution in [0.3, 0.4) is 0 Å². The Morgan fingerprint density at radius 3 is 2.73 bits per heavy atom. The highest BCUT2D eigenvalue weighted by atomic mass is 79.9. The van der Waals surface area contributed by atoms with Crippen molar-refractivity contribution in [3.63, 3.8) is 0 Å². The number of amides is 1. The Balaban J connectivity index is 2.13. The van der Waals surface area contributed by atoms with Crippen molar-refractivity contribution in [2.45, 2.75) is 44.9 Å². The summed E-state index contributed by atoms with van der Waals surface area (Å²) in [5, 5.41) is 14.2. The monoisotopic (exact) mass is 430 g/mol. The van der Waals surface area contributed by atoms with Crippen molar-refractivity contribution in [3.05, 3.63) is 27.0 Å². The van der Waals surface area contributed by atoms with Crippen LogP contribution in [0.1, 0.15) is 27.2 Å². The zero-order valence-electron chi connectivity index (χ0n) is 15.2. The minimum absolute atomic E-state index is 0.0761. The molecule has 10 heteroatoms. The third-order valence-electron chi connectivity index (χ3n) is 3.93. The van der Waals surface area contributed by atoms with Gasteiger partial charge in [-0.2, -0.15) is 0 Å². The van der Waals surface area contributed by atoms with Gasteiger partial charge in [0.1, 0.15) is 17.5 Å². The Morgan fingerprint density at radius 1 is 1.46 bits per heavy atom. The molecular formula is C16H23BrN4O5. The van der Waals surface area contributed by atoms with E-state index in [2.05, 4.69) is 26.2 Å². The molecule has 0 spiro atoms. The van der Waals surface area contributed by atoms with Crippen LogP contribution in [0.25, 0.3) is 0 Å². The van der Waals surface area contributed by atoms with E-state index in [9.17, 15) is 14.9 Å². The number of piperidine rings is 1. The van der Waals surface area contributed by atoms with Gasteiger partial charge in [0.25, 0.3) is 0 Å². The molecule has 1 amide bonds. The van der Waals surface area contributed by atoms with Crippen molar-refractivity contribution in [2.75, 3.05) is 25.1 Å². The number of hydrogen-bond acceptors (Lipinski definition) is 7. The van der Waals surface area contributed by atoms with E-state index in [1.807, 2.05) is 4.90 Å². The molecular weight excluding hydrogens is 408 g/mol. The molecule has 0 aromatic carbocycles. The number of anilines is 1. The summed E-state index contributed by atoms with van der Waals surface area (Å²) in [5.74, 6) is 0. The van der Waals surface area contributed by atoms with Gasteiger partial charge in [-0.1, -0.05) is 0 Å². The predicted molar refractivity (Wildman–Crippen MR) is 99.4 cm³/mol. The molecule has 1 aromatic rings. The first-order valence-corrected chi connectivity index (χ1v) is 8.97. The highest BCUT2D eigenvalue weighted by molar-refractivity contribution is 9.10. The first-order chi connectivity index (χ1) is 12.1. The number of hydrogen-bond donors (Lipinski definition) is 1. The van der Waals surface area contributed by atoms with Crippen LogP contribution < -0.4 is 10.2 Å². The maximum absolute atomic E-state index is 12.0. The van der Waals surface area contributed by atoms with Crippen molar-refractivity contribution in [3.8, 4) is 0 Å². The average Bonchev–Trinajstić information content (AvgIpc) is 2.53. The van der Waals surface area contributed by atoms with E-state index >= 15 is 0 Å². The maximum atomic E-state index is 12.0. The van der Waals surface area contributed by atoms with Crippen LogP contribution in [-0.4, -0.2) is 53.9 Å². The predicted octanol–water partition coefficient (Wildman–Crippen LogP) is 2.87. The largest absolute Gasteiger partial charge is 0.444 e. The molecule has 144 valence electrons. The number of alkyl carbamates (subject to hydrolysis) is 1. The van der Waals surface area contributed by atoms with Crippen LogP contribution in [0.4, 0.5) is 16.2 Å². The molecule has 0 bridgehead atoms. The Kier molecular flexibility index (Phi) is 6.40. The van der Waals surface area contributed by atoms with E-state index in [1.54, 1.807) is 27.9 Å². The molecule has 9 nitrogen and oxygen atoms in total. The number of ether oxygens (including phenoxy) is 2. The number of nitrogens with one attached hydrogen (secondary N) is 1. The lowest BCUT2D eigenvalue weighted by atomic mass is 10.0. The molecule has 2 heterocycles. The number of rotatable bonds is 4. The molecule has 1 aliphatic heterocycles. The first kappa shape index (κ1) is 20.4. The van der Waals surface area contributed by atoms with E-state index in [1.165, 1.54) is 12.4 Å². The molecule has 1 saturated heterocycles. The molecule has 26 heavy (non-hydrogen) atoms. The smallest absolute Gasteiger partial charge is 0.407 e. The summed E-state index contributed by atoms with van der Waals surface area (Å²) in [4.78, 5) is 28.6. The fourth-order valence-electron chi connectivity index (χ4n) is 2.85. The minimum atomic E-state index is -0.587. The van der Waals surface area contributed by atoms with E-state index in [0.717, 1.165) is 0 Å². The van der Waals surface area contributed by atoms with Gasteiger partial charge >= 0.3 is 11.8 Å². The van der Waals surface area contributed by atoms with Gasteiger partial charge in [0.15, 0.2) is 0 Å². The molecule has 0 unspecified atom stereocenters. The third-order valence-corrected chi connectivity index (χ3v) is 4.51. The quantitative estimate of drug-likeness (QED) is 0.577. The summed E-state index contributed by atoms with van der Waals surface area (Å²) < 4.78 is 11.3. The third kappa shape index (κ3) is 5.04. The van der Waals surface area contributed by atoms with Crippen LogP contribution in [0, 0.1) is 10.1 Å². The number of carbonyl (C=O) groups is 1. The molecule has 1 N–H and O–H groups in total. The van der Waals surface area contributed by atoms with Gasteiger partial charge in [-0.15, -0.1) is 0 Å². The zero-order chi connectivity index (χ0) is 19.5. The van der Waals surface area contributed by atoms with Gasteiger partial charge in [0, 0.05) is 26.4 Å². The van der Waals surface area contributed by atoms with Crippen LogP contribution >= 0.6 is 15.9 Å². The fraction of sp³-hybridized carbons (Fsp3) is 0.625. The molecule has 1 fully saturated rings. The van der Waals surface area contributed by atoms with Gasteiger partial charge in [0.05, 0.1) is 21.5 Å². The molecule has 0 aliphatic carbocycles. The molecule has 1 aromatic heterocycles. The van der Waals surface area contributed by atoms with Crippen molar-refractivity contribution in [2.24, 2.45) is 0 Å². The number of nitrogens with zero attached hydrogens (tertiary/aromatic N) is 3. The van der Waals surface area contributed by atoms with Gasteiger partial charge in [0.2, 0.25) is 0 Å². The molecule has 2 rings (SSSR count). The van der Waals surface area contributed by atoms with E-state index in [0.29, 0.717) is 29.7 Å². The molecule has 0 radical (unpaired) electrons. The van der Waals surface area contributed by atoms with Gasteiger partial charge in [-0.05, 0) is 43.1 Å². The zero-order valence-corrected chi connectivity index (χ0v) is 16.8. The topological polar surface area (TPSA) is 107 Å². The van der Waals surface area contributed by atoms with E-state index in [-0.39, 0.29) is 17.8 Å². The van der Waals surface area contributed by atoms with Crippen molar-refractivity contribution >= 4 is 33.4 Å². The highest BCUT2D eigenvalue weighted by Crippen LogP contribution is 2.36. The second-order valence-electron chi connectivity index (χ2n) is 7.01. The SMILES string of the molecule is CO[C@H]1CN(c2c(Br)cncc2[N+](=O)[O-])CC[C@@H]1NC(=O)OC(C)(C)C. The molecule has 1 aliphatic rings. The number of nitro groups is 1. The highest BCUT2D eigenvalue weighted by Gasteiger charge is 2.35. The van der Waals surface area contributed by atoms with Crippen LogP contribution in [-0.2, 0) is 9.47 Å².